The van der Waals surface area contributed by atoms with Gasteiger partial charge in [0.2, 0.25) is 0 Å². The lowest BCUT2D eigenvalue weighted by molar-refractivity contribution is -0.204. The van der Waals surface area contributed by atoms with E-state index in [1.54, 1.807) is 0 Å². The first-order chi connectivity index (χ1) is 13.9. The Morgan fingerprint density at radius 1 is 0.833 bits per heavy atom. The molecule has 7 atom stereocenters. The second kappa shape index (κ2) is 6.41. The van der Waals surface area contributed by atoms with Crippen LogP contribution in [0.15, 0.2) is 11.1 Å². The Labute approximate surface area is 188 Å². The van der Waals surface area contributed by atoms with Crippen molar-refractivity contribution in [2.75, 3.05) is 0 Å². The second-order valence-corrected chi connectivity index (χ2v) is 14.1. The van der Waals surface area contributed by atoms with Crippen LogP contribution in [0.25, 0.3) is 0 Å². The Bertz CT molecular complexity index is 754. The predicted octanol–water partition coefficient (Wildman–Crippen LogP) is 8.83. The molecular weight excluding hydrogens is 360 g/mol. The molecule has 0 heterocycles. The summed E-state index contributed by atoms with van der Waals surface area (Å²) in [6, 6.07) is 0. The third kappa shape index (κ3) is 2.52. The average molecular weight is 409 g/mol. The molecule has 0 heteroatoms. The van der Waals surface area contributed by atoms with Crippen molar-refractivity contribution in [3.8, 4) is 0 Å². The van der Waals surface area contributed by atoms with E-state index in [0.29, 0.717) is 27.6 Å². The first kappa shape index (κ1) is 21.6. The van der Waals surface area contributed by atoms with Crippen LogP contribution in [-0.4, -0.2) is 0 Å². The summed E-state index contributed by atoms with van der Waals surface area (Å²) in [5.74, 6) is 3.29. The average Bonchev–Trinajstić information content (AvgIpc) is 2.99. The molecule has 0 aromatic carbocycles. The molecule has 0 bridgehead atoms. The van der Waals surface area contributed by atoms with Gasteiger partial charge in [-0.25, -0.2) is 0 Å². The van der Waals surface area contributed by atoms with Crippen LogP contribution in [0.1, 0.15) is 113 Å². The van der Waals surface area contributed by atoms with Crippen LogP contribution in [0.4, 0.5) is 0 Å². The van der Waals surface area contributed by atoms with Crippen molar-refractivity contribution in [3.05, 3.63) is 24.5 Å². The van der Waals surface area contributed by atoms with Gasteiger partial charge in [0.15, 0.2) is 0 Å². The summed E-state index contributed by atoms with van der Waals surface area (Å²) in [7, 11) is 0. The fourth-order valence-electron chi connectivity index (χ4n) is 10.6. The van der Waals surface area contributed by atoms with Gasteiger partial charge in [-0.1, -0.05) is 59.6 Å². The molecule has 2 radical (unpaired) electrons. The number of hydrogen-bond donors (Lipinski definition) is 0. The Morgan fingerprint density at radius 2 is 1.57 bits per heavy atom. The lowest BCUT2D eigenvalue weighted by Crippen LogP contribution is -2.64. The molecule has 0 N–H and O–H groups in total. The Kier molecular flexibility index (Phi) is 4.61. The topological polar surface area (TPSA) is 0 Å². The highest BCUT2D eigenvalue weighted by molar-refractivity contribution is 5.38. The molecule has 30 heavy (non-hydrogen) atoms. The Balaban J connectivity index is 1.58. The van der Waals surface area contributed by atoms with Crippen LogP contribution in [-0.2, 0) is 0 Å². The van der Waals surface area contributed by atoms with Gasteiger partial charge in [0.05, 0.1) is 0 Å². The minimum Gasteiger partial charge on any atom is -0.0676 e. The number of allylic oxidation sites excluding steroid dienone is 2. The summed E-state index contributed by atoms with van der Waals surface area (Å²) in [5, 5.41) is 0. The van der Waals surface area contributed by atoms with E-state index in [0.717, 1.165) is 17.8 Å². The first-order valence-corrected chi connectivity index (χ1v) is 13.3. The zero-order chi connectivity index (χ0) is 21.7. The number of hydrogen-bond acceptors (Lipinski definition) is 0. The molecule has 0 aliphatic heterocycles. The van der Waals surface area contributed by atoms with Gasteiger partial charge >= 0.3 is 0 Å². The fourth-order valence-corrected chi connectivity index (χ4v) is 10.6. The van der Waals surface area contributed by atoms with E-state index in [1.807, 2.05) is 11.1 Å². The minimum atomic E-state index is 0.274. The molecule has 0 spiro atoms. The molecule has 4 fully saturated rings. The van der Waals surface area contributed by atoms with E-state index < -0.39 is 0 Å². The van der Waals surface area contributed by atoms with Crippen molar-refractivity contribution in [3.63, 3.8) is 0 Å². The van der Waals surface area contributed by atoms with Crippen molar-refractivity contribution in [2.45, 2.75) is 113 Å². The van der Waals surface area contributed by atoms with Crippen LogP contribution < -0.4 is 0 Å². The molecule has 0 nitrogen and oxygen atoms in total. The van der Waals surface area contributed by atoms with Crippen molar-refractivity contribution >= 4 is 0 Å². The highest BCUT2D eigenvalue weighted by Gasteiger charge is 2.68. The summed E-state index contributed by atoms with van der Waals surface area (Å²) in [6.07, 6.45) is 16.6. The highest BCUT2D eigenvalue weighted by atomic mass is 14.7. The minimum absolute atomic E-state index is 0.274. The quantitative estimate of drug-likeness (QED) is 0.380. The standard InChI is InChI=1S/C30H48/c1-20(2)21-12-16-27(5)18-19-29(7)22(25(21)27)10-11-24-28(6)15-9-14-26(3,4)23(28)13-17-30(24,29)8/h14,20,22-24H,5,9-13,15-19H2,1-4,6-8H3/t22-,23+,24-,27-,28+,29-,30-/m1/s1. The maximum Gasteiger partial charge on any atom is -0.00787 e. The van der Waals surface area contributed by atoms with Crippen molar-refractivity contribution < 1.29 is 0 Å². The molecule has 4 saturated carbocycles. The van der Waals surface area contributed by atoms with Crippen LogP contribution in [0.2, 0.25) is 0 Å². The summed E-state index contributed by atoms with van der Waals surface area (Å²) >= 11 is 0. The maximum absolute atomic E-state index is 4.91. The van der Waals surface area contributed by atoms with E-state index in [9.17, 15) is 0 Å². The van der Waals surface area contributed by atoms with E-state index in [1.165, 1.54) is 64.2 Å². The van der Waals surface area contributed by atoms with Gasteiger partial charge < -0.3 is 0 Å². The van der Waals surface area contributed by atoms with Gasteiger partial charge in [0.25, 0.3) is 0 Å². The summed E-state index contributed by atoms with van der Waals surface area (Å²) < 4.78 is 0. The summed E-state index contributed by atoms with van der Waals surface area (Å²) in [4.78, 5) is 0. The van der Waals surface area contributed by atoms with Gasteiger partial charge in [0, 0.05) is 0 Å². The van der Waals surface area contributed by atoms with E-state index in [2.05, 4.69) is 54.9 Å². The Hall–Kier alpha value is -0.260. The number of rotatable bonds is 1. The van der Waals surface area contributed by atoms with E-state index in [-0.39, 0.29) is 5.41 Å². The molecule has 5 aliphatic carbocycles. The van der Waals surface area contributed by atoms with Gasteiger partial charge in [-0.3, -0.25) is 0 Å². The van der Waals surface area contributed by atoms with Crippen LogP contribution in [0.5, 0.6) is 0 Å². The monoisotopic (exact) mass is 408 g/mol. The molecule has 5 aliphatic rings. The number of fused-ring (bicyclic) bond motifs is 7. The Morgan fingerprint density at radius 3 is 2.27 bits per heavy atom. The van der Waals surface area contributed by atoms with Gasteiger partial charge in [0.1, 0.15) is 0 Å². The summed E-state index contributed by atoms with van der Waals surface area (Å²) in [5.41, 5.74) is 5.87. The smallest absolute Gasteiger partial charge is 0.00787 e. The van der Waals surface area contributed by atoms with E-state index >= 15 is 0 Å². The second-order valence-electron chi connectivity index (χ2n) is 14.1. The molecule has 168 valence electrons. The largest absolute Gasteiger partial charge is 0.0676 e. The lowest BCUT2D eigenvalue weighted by atomic mass is 9.33. The first-order valence-electron chi connectivity index (χ1n) is 13.3. The third-order valence-corrected chi connectivity index (χ3v) is 12.3. The van der Waals surface area contributed by atoms with Crippen molar-refractivity contribution in [2.24, 2.45) is 50.7 Å². The molecular formula is C30H48. The van der Waals surface area contributed by atoms with Crippen LogP contribution in [0, 0.1) is 64.1 Å². The predicted molar refractivity (Wildman–Crippen MR) is 129 cm³/mol. The third-order valence-electron chi connectivity index (χ3n) is 12.3. The van der Waals surface area contributed by atoms with Gasteiger partial charge in [-0.05, 0) is 128 Å². The van der Waals surface area contributed by atoms with Crippen molar-refractivity contribution in [1.29, 1.82) is 0 Å². The highest BCUT2D eigenvalue weighted by Crippen LogP contribution is 2.76. The normalized spacial score (nSPS) is 52.5. The lowest BCUT2D eigenvalue weighted by Gasteiger charge is -2.71. The van der Waals surface area contributed by atoms with Crippen LogP contribution >= 0.6 is 0 Å². The zero-order valence-corrected chi connectivity index (χ0v) is 21.2. The molecule has 0 aromatic heterocycles. The van der Waals surface area contributed by atoms with Gasteiger partial charge in [-0.2, -0.15) is 0 Å². The molecule has 0 amide bonds. The van der Waals surface area contributed by atoms with Crippen molar-refractivity contribution in [1.82, 2.24) is 0 Å². The summed E-state index contributed by atoms with van der Waals surface area (Å²) in [6.45, 7) is 23.1. The maximum atomic E-state index is 4.91. The fraction of sp³-hybridized carbons (Fsp3) is 0.867. The van der Waals surface area contributed by atoms with Gasteiger partial charge in [-0.15, -0.1) is 0 Å². The molecule has 0 saturated heterocycles. The zero-order valence-electron chi connectivity index (χ0n) is 21.2. The molecule has 0 aromatic rings. The SMILES string of the molecule is [CH2][C@]12CCC(C(C)C)=C1[C@H]1CC[C@@H]3[C@@]4(C)CC[CH]C(C)(C)[C@@H]4CC[C@@]3(C)[C@]1(C)CC2. The molecule has 5 rings (SSSR count). The molecule has 0 unspecified atom stereocenters. The van der Waals surface area contributed by atoms with Crippen LogP contribution in [0.3, 0.4) is 0 Å². The van der Waals surface area contributed by atoms with E-state index in [4.69, 9.17) is 6.92 Å².